The minimum absolute atomic E-state index is 0.00305. The van der Waals surface area contributed by atoms with E-state index in [-0.39, 0.29) is 5.60 Å². The van der Waals surface area contributed by atoms with Gasteiger partial charge in [0.05, 0.1) is 6.07 Å². The Morgan fingerprint density at radius 2 is 2.20 bits per heavy atom. The summed E-state index contributed by atoms with van der Waals surface area (Å²) in [6.07, 6.45) is 2.59. The number of rotatable bonds is 4. The molecule has 0 unspecified atom stereocenters. The van der Waals surface area contributed by atoms with Crippen molar-refractivity contribution in [2.45, 2.75) is 38.7 Å². The lowest BCUT2D eigenvalue weighted by Crippen LogP contribution is -2.22. The van der Waals surface area contributed by atoms with Crippen molar-refractivity contribution in [1.29, 1.82) is 5.26 Å². The summed E-state index contributed by atoms with van der Waals surface area (Å²) in [4.78, 5) is 0. The van der Waals surface area contributed by atoms with Gasteiger partial charge in [0.1, 0.15) is 10.5 Å². The number of hydrogen-bond acceptors (Lipinski definition) is 2. The molecule has 10 heavy (non-hydrogen) atoms. The maximum Gasteiger partial charge on any atom is 0.146 e. The molecule has 0 heterocycles. The zero-order valence-corrected chi connectivity index (χ0v) is 8.98. The van der Waals surface area contributed by atoms with Crippen molar-refractivity contribution >= 4 is 10.5 Å². The molecule has 0 fully saturated rings. The molecule has 0 saturated heterocycles. The fourth-order valence-electron chi connectivity index (χ4n) is 0.695. The standard InChI is InChI=1S/C7H15NOSi/c1-7(2,9-10)5-3-4-6-8/h3-5H2,1-2,10H3. The number of nitriles is 1. The first-order valence-corrected chi connectivity index (χ1v) is 4.36. The van der Waals surface area contributed by atoms with Crippen molar-refractivity contribution in [2.75, 3.05) is 0 Å². The average molecular weight is 157 g/mol. The molecule has 0 aromatic heterocycles. The van der Waals surface area contributed by atoms with Gasteiger partial charge in [0.2, 0.25) is 0 Å². The number of nitrogens with zero attached hydrogens (tertiary/aromatic N) is 1. The van der Waals surface area contributed by atoms with E-state index in [0.29, 0.717) is 6.42 Å². The molecule has 58 valence electrons. The highest BCUT2D eigenvalue weighted by molar-refractivity contribution is 5.98. The predicted molar refractivity (Wildman–Crippen MR) is 44.6 cm³/mol. The van der Waals surface area contributed by atoms with Gasteiger partial charge in [0, 0.05) is 12.0 Å². The van der Waals surface area contributed by atoms with E-state index < -0.39 is 0 Å². The Hall–Kier alpha value is -0.333. The van der Waals surface area contributed by atoms with Gasteiger partial charge in [-0.25, -0.2) is 0 Å². The van der Waals surface area contributed by atoms with Gasteiger partial charge in [-0.05, 0) is 26.7 Å². The van der Waals surface area contributed by atoms with Gasteiger partial charge in [0.25, 0.3) is 0 Å². The van der Waals surface area contributed by atoms with Crippen LogP contribution in [0.4, 0.5) is 0 Å². The Kier molecular flexibility index (Phi) is 4.33. The highest BCUT2D eigenvalue weighted by Gasteiger charge is 2.13. The van der Waals surface area contributed by atoms with Crippen molar-refractivity contribution in [3.05, 3.63) is 0 Å². The second kappa shape index (κ2) is 4.48. The van der Waals surface area contributed by atoms with Crippen molar-refractivity contribution in [2.24, 2.45) is 0 Å². The van der Waals surface area contributed by atoms with Crippen LogP contribution in [0.3, 0.4) is 0 Å². The summed E-state index contributed by atoms with van der Waals surface area (Å²) < 4.78 is 5.31. The van der Waals surface area contributed by atoms with Crippen molar-refractivity contribution in [3.63, 3.8) is 0 Å². The van der Waals surface area contributed by atoms with Crippen LogP contribution in [-0.2, 0) is 4.43 Å². The quantitative estimate of drug-likeness (QED) is 0.446. The van der Waals surface area contributed by atoms with Gasteiger partial charge >= 0.3 is 0 Å². The molecule has 0 rings (SSSR count). The lowest BCUT2D eigenvalue weighted by molar-refractivity contribution is 0.111. The third kappa shape index (κ3) is 4.54. The van der Waals surface area contributed by atoms with Crippen LogP contribution >= 0.6 is 0 Å². The molecular formula is C7H15NOSi. The normalized spacial score (nSPS) is 11.3. The van der Waals surface area contributed by atoms with E-state index in [1.165, 1.54) is 0 Å². The Morgan fingerprint density at radius 3 is 2.60 bits per heavy atom. The van der Waals surface area contributed by atoms with Crippen LogP contribution in [0.2, 0.25) is 0 Å². The number of unbranched alkanes of at least 4 members (excludes halogenated alkanes) is 1. The van der Waals surface area contributed by atoms with Crippen molar-refractivity contribution in [3.8, 4) is 6.07 Å². The molecular weight excluding hydrogens is 142 g/mol. The lowest BCUT2D eigenvalue weighted by Gasteiger charge is -2.22. The third-order valence-corrected chi connectivity index (χ3v) is 2.73. The van der Waals surface area contributed by atoms with Gasteiger partial charge in [-0.2, -0.15) is 5.26 Å². The largest absolute Gasteiger partial charge is 0.423 e. The first-order valence-electron chi connectivity index (χ1n) is 3.54. The van der Waals surface area contributed by atoms with Gasteiger partial charge in [0.15, 0.2) is 0 Å². The summed E-state index contributed by atoms with van der Waals surface area (Å²) >= 11 is 0. The van der Waals surface area contributed by atoms with Crippen LogP contribution in [0.15, 0.2) is 0 Å². The summed E-state index contributed by atoms with van der Waals surface area (Å²) in [5, 5.41) is 8.25. The Bertz CT molecular complexity index is 128. The molecule has 2 nitrogen and oxygen atoms in total. The highest BCUT2D eigenvalue weighted by Crippen LogP contribution is 2.15. The maximum atomic E-state index is 8.25. The monoisotopic (exact) mass is 157 g/mol. The van der Waals surface area contributed by atoms with Crippen LogP contribution in [0.1, 0.15) is 33.1 Å². The Labute approximate surface area is 65.7 Å². The SMILES string of the molecule is CC(C)(CCCC#N)O[SiH3]. The minimum Gasteiger partial charge on any atom is -0.423 e. The van der Waals surface area contributed by atoms with Gasteiger partial charge in [-0.1, -0.05) is 0 Å². The van der Waals surface area contributed by atoms with Crippen LogP contribution in [0, 0.1) is 11.3 Å². The molecule has 0 bridgehead atoms. The molecule has 0 spiro atoms. The molecule has 0 aromatic rings. The van der Waals surface area contributed by atoms with Crippen LogP contribution < -0.4 is 0 Å². The second-order valence-corrected chi connectivity index (χ2v) is 3.38. The third-order valence-electron chi connectivity index (χ3n) is 1.62. The summed E-state index contributed by atoms with van der Waals surface area (Å²) in [5.74, 6) is 0. The minimum atomic E-state index is 0.00305. The molecule has 0 aliphatic rings. The predicted octanol–water partition coefficient (Wildman–Crippen LogP) is 0.756. The van der Waals surface area contributed by atoms with E-state index in [0.717, 1.165) is 23.3 Å². The molecule has 0 radical (unpaired) electrons. The van der Waals surface area contributed by atoms with E-state index in [1.54, 1.807) is 0 Å². The first kappa shape index (κ1) is 9.67. The Balaban J connectivity index is 3.39. The van der Waals surface area contributed by atoms with E-state index >= 15 is 0 Å². The summed E-state index contributed by atoms with van der Waals surface area (Å²) in [6, 6.07) is 2.12. The van der Waals surface area contributed by atoms with E-state index in [4.69, 9.17) is 9.69 Å². The summed E-state index contributed by atoms with van der Waals surface area (Å²) in [5.41, 5.74) is 0.00305. The second-order valence-electron chi connectivity index (χ2n) is 2.98. The zero-order chi connectivity index (χ0) is 8.04. The van der Waals surface area contributed by atoms with Crippen molar-refractivity contribution in [1.82, 2.24) is 0 Å². The number of hydrogen-bond donors (Lipinski definition) is 0. The van der Waals surface area contributed by atoms with Gasteiger partial charge in [-0.3, -0.25) is 0 Å². The molecule has 0 aliphatic carbocycles. The summed E-state index contributed by atoms with van der Waals surface area (Å²) in [6.45, 7) is 4.13. The highest BCUT2D eigenvalue weighted by atomic mass is 28.2. The van der Waals surface area contributed by atoms with Gasteiger partial charge < -0.3 is 4.43 Å². The molecule has 0 N–H and O–H groups in total. The van der Waals surface area contributed by atoms with Crippen LogP contribution in [0.5, 0.6) is 0 Å². The molecule has 0 amide bonds. The van der Waals surface area contributed by atoms with E-state index in [9.17, 15) is 0 Å². The lowest BCUT2D eigenvalue weighted by atomic mass is 10.0. The smallest absolute Gasteiger partial charge is 0.146 e. The zero-order valence-electron chi connectivity index (χ0n) is 6.98. The average Bonchev–Trinajstić information content (AvgIpc) is 1.89. The molecule has 0 aliphatic heterocycles. The summed E-state index contributed by atoms with van der Waals surface area (Å²) in [7, 11) is 0.783. The van der Waals surface area contributed by atoms with E-state index in [1.807, 2.05) is 0 Å². The van der Waals surface area contributed by atoms with Crippen molar-refractivity contribution < 1.29 is 4.43 Å². The Morgan fingerprint density at radius 1 is 1.60 bits per heavy atom. The molecule has 0 atom stereocenters. The van der Waals surface area contributed by atoms with Gasteiger partial charge in [-0.15, -0.1) is 0 Å². The van der Waals surface area contributed by atoms with E-state index in [2.05, 4.69) is 19.9 Å². The van der Waals surface area contributed by atoms with Crippen LogP contribution in [-0.4, -0.2) is 16.1 Å². The fourth-order valence-corrected chi connectivity index (χ4v) is 0.899. The van der Waals surface area contributed by atoms with Crippen LogP contribution in [0.25, 0.3) is 0 Å². The molecule has 0 aromatic carbocycles. The molecule has 0 saturated carbocycles. The fraction of sp³-hybridized carbons (Fsp3) is 0.857. The maximum absolute atomic E-state index is 8.25. The topological polar surface area (TPSA) is 33.0 Å². The molecule has 3 heteroatoms. The first-order chi connectivity index (χ1) is 4.62.